The Balaban J connectivity index is 1.33. The van der Waals surface area contributed by atoms with E-state index in [0.29, 0.717) is 18.3 Å². The highest BCUT2D eigenvalue weighted by atomic mass is 16.5. The van der Waals surface area contributed by atoms with E-state index in [-0.39, 0.29) is 0 Å². The number of aryl methyl sites for hydroxylation is 1. The van der Waals surface area contributed by atoms with Crippen LogP contribution >= 0.6 is 0 Å². The molecule has 1 fully saturated rings. The minimum absolute atomic E-state index is 0.673. The van der Waals surface area contributed by atoms with Crippen LogP contribution in [0.25, 0.3) is 28.1 Å². The second-order valence-corrected chi connectivity index (χ2v) is 9.50. The van der Waals surface area contributed by atoms with E-state index in [1.54, 1.807) is 7.11 Å². The van der Waals surface area contributed by atoms with Crippen LogP contribution < -0.4 is 15.5 Å². The predicted octanol–water partition coefficient (Wildman–Crippen LogP) is 3.15. The van der Waals surface area contributed by atoms with E-state index in [1.165, 1.54) is 18.4 Å². The van der Waals surface area contributed by atoms with Gasteiger partial charge < -0.3 is 20.3 Å². The van der Waals surface area contributed by atoms with Crippen molar-refractivity contribution in [1.29, 1.82) is 0 Å². The highest BCUT2D eigenvalue weighted by Crippen LogP contribution is 2.31. The molecular weight excluding hydrogens is 440 g/mol. The molecule has 1 saturated heterocycles. The predicted molar refractivity (Wildman–Crippen MR) is 138 cm³/mol. The van der Waals surface area contributed by atoms with Crippen molar-refractivity contribution >= 4 is 27.9 Å². The molecule has 5 heterocycles. The van der Waals surface area contributed by atoms with Crippen molar-refractivity contribution < 1.29 is 4.74 Å². The smallest absolute Gasteiger partial charge is 0.203 e. The van der Waals surface area contributed by atoms with Crippen molar-refractivity contribution in [2.75, 3.05) is 56.7 Å². The quantitative estimate of drug-likeness (QED) is 0.424. The second kappa shape index (κ2) is 9.75. The van der Waals surface area contributed by atoms with Crippen molar-refractivity contribution in [2.45, 2.75) is 25.7 Å². The fourth-order valence-corrected chi connectivity index (χ4v) is 5.31. The molecule has 0 radical (unpaired) electrons. The Bertz CT molecular complexity index is 1330. The maximum Gasteiger partial charge on any atom is 0.203 e. The summed E-state index contributed by atoms with van der Waals surface area (Å²) in [5.74, 6) is 1.36. The van der Waals surface area contributed by atoms with Gasteiger partial charge in [-0.2, -0.15) is 9.61 Å². The van der Waals surface area contributed by atoms with Crippen LogP contribution in [0.5, 0.6) is 0 Å². The Kier molecular flexibility index (Phi) is 6.18. The molecule has 182 valence electrons. The van der Waals surface area contributed by atoms with Gasteiger partial charge in [0, 0.05) is 37.7 Å². The van der Waals surface area contributed by atoms with Crippen LogP contribution in [0.1, 0.15) is 24.8 Å². The Hall–Kier alpha value is -3.30. The number of rotatable bonds is 7. The van der Waals surface area contributed by atoms with Gasteiger partial charge in [-0.05, 0) is 56.8 Å². The van der Waals surface area contributed by atoms with Crippen molar-refractivity contribution in [1.82, 2.24) is 30.1 Å². The fraction of sp³-hybridized carbons (Fsp3) is 0.462. The minimum atomic E-state index is 0.673. The zero-order valence-electron chi connectivity index (χ0n) is 20.2. The molecule has 0 atom stereocenters. The number of hydrogen-bond acceptors (Lipinski definition) is 8. The number of hydrogen-bond donors (Lipinski definition) is 2. The molecule has 6 rings (SSSR count). The molecule has 0 aliphatic carbocycles. The third-order valence-electron chi connectivity index (χ3n) is 7.27. The topological polar surface area (TPSA) is 92.5 Å². The van der Waals surface area contributed by atoms with Gasteiger partial charge in [-0.15, -0.1) is 10.2 Å². The van der Waals surface area contributed by atoms with Gasteiger partial charge in [0.15, 0.2) is 5.65 Å². The highest BCUT2D eigenvalue weighted by Gasteiger charge is 2.23. The number of benzene rings is 1. The molecule has 9 heteroatoms. The van der Waals surface area contributed by atoms with Crippen LogP contribution in [0.3, 0.4) is 0 Å². The number of para-hydroxylation sites is 1. The number of anilines is 2. The summed E-state index contributed by atoms with van der Waals surface area (Å²) in [6, 6.07) is 10.4. The van der Waals surface area contributed by atoms with Crippen molar-refractivity contribution in [3.8, 4) is 11.5 Å². The summed E-state index contributed by atoms with van der Waals surface area (Å²) in [6.07, 6.45) is 6.41. The second-order valence-electron chi connectivity index (χ2n) is 9.50. The lowest BCUT2D eigenvalue weighted by Crippen LogP contribution is -2.33. The normalized spacial score (nSPS) is 16.7. The molecule has 2 aliphatic rings. The summed E-state index contributed by atoms with van der Waals surface area (Å²) >= 11 is 0. The van der Waals surface area contributed by atoms with E-state index in [4.69, 9.17) is 14.8 Å². The molecule has 0 amide bonds. The zero-order chi connectivity index (χ0) is 23.6. The van der Waals surface area contributed by atoms with Gasteiger partial charge in [0.2, 0.25) is 5.82 Å². The van der Waals surface area contributed by atoms with Gasteiger partial charge in [0.05, 0.1) is 29.7 Å². The molecule has 1 aromatic carbocycles. The molecule has 3 aromatic heterocycles. The summed E-state index contributed by atoms with van der Waals surface area (Å²) < 4.78 is 7.14. The molecule has 9 nitrogen and oxygen atoms in total. The lowest BCUT2D eigenvalue weighted by molar-refractivity contribution is 0.205. The maximum absolute atomic E-state index is 5.29. The van der Waals surface area contributed by atoms with Crippen molar-refractivity contribution in [3.05, 3.63) is 42.1 Å². The van der Waals surface area contributed by atoms with Gasteiger partial charge >= 0.3 is 0 Å². The average Bonchev–Trinajstić information content (AvgIpc) is 3.35. The van der Waals surface area contributed by atoms with Crippen LogP contribution in [0.4, 0.5) is 11.4 Å². The van der Waals surface area contributed by atoms with Gasteiger partial charge in [-0.25, -0.2) is 4.98 Å². The lowest BCUT2D eigenvalue weighted by Gasteiger charge is -2.30. The molecule has 0 spiro atoms. The van der Waals surface area contributed by atoms with Crippen molar-refractivity contribution in [3.63, 3.8) is 0 Å². The molecular formula is C26H32N8O. The first-order valence-electron chi connectivity index (χ1n) is 12.6. The summed E-state index contributed by atoms with van der Waals surface area (Å²) in [4.78, 5) is 7.37. The van der Waals surface area contributed by atoms with E-state index in [1.807, 2.05) is 16.8 Å². The number of nitrogens with zero attached hydrogens (tertiary/aromatic N) is 6. The van der Waals surface area contributed by atoms with Crippen LogP contribution in [0, 0.1) is 5.92 Å². The SMILES string of the molecule is COCCN1CCCc2c1cnn1c(-c3ccc4cccc(NCC5CCNCC5)c4n3)nnc21. The number of piperidine rings is 1. The standard InChI is InChI=1S/C26H32N8O/c1-35-15-14-33-13-3-5-20-23(33)17-29-34-25(20)31-32-26(34)22-8-7-19-4-2-6-21(24(19)30-22)28-16-18-9-11-27-12-10-18/h2,4,6-8,17-18,27-28H,3,5,9-16H2,1H3. The molecule has 2 aliphatic heterocycles. The molecule has 2 N–H and O–H groups in total. The first-order valence-corrected chi connectivity index (χ1v) is 12.6. The minimum Gasteiger partial charge on any atom is -0.383 e. The van der Waals surface area contributed by atoms with E-state index in [9.17, 15) is 0 Å². The first kappa shape index (κ1) is 22.2. The van der Waals surface area contributed by atoms with E-state index >= 15 is 0 Å². The van der Waals surface area contributed by atoms with Gasteiger partial charge in [0.25, 0.3) is 0 Å². The number of methoxy groups -OCH3 is 1. The van der Waals surface area contributed by atoms with Gasteiger partial charge in [-0.3, -0.25) is 0 Å². The summed E-state index contributed by atoms with van der Waals surface area (Å²) in [6.45, 7) is 5.72. The maximum atomic E-state index is 5.29. The molecule has 35 heavy (non-hydrogen) atoms. The molecule has 0 saturated carbocycles. The Morgan fingerprint density at radius 3 is 2.94 bits per heavy atom. The van der Waals surface area contributed by atoms with Crippen LogP contribution in [0.2, 0.25) is 0 Å². The van der Waals surface area contributed by atoms with E-state index in [2.05, 4.69) is 50.0 Å². The first-order chi connectivity index (χ1) is 17.3. The fourth-order valence-electron chi connectivity index (χ4n) is 5.31. The Labute approximate surface area is 204 Å². The van der Waals surface area contributed by atoms with Crippen LogP contribution in [-0.4, -0.2) is 71.2 Å². The van der Waals surface area contributed by atoms with E-state index < -0.39 is 0 Å². The number of nitrogens with one attached hydrogen (secondary N) is 2. The lowest BCUT2D eigenvalue weighted by atomic mass is 9.98. The molecule has 0 bridgehead atoms. The summed E-state index contributed by atoms with van der Waals surface area (Å²) in [7, 11) is 1.74. The Morgan fingerprint density at radius 1 is 1.14 bits per heavy atom. The molecule has 4 aromatic rings. The third-order valence-corrected chi connectivity index (χ3v) is 7.27. The third kappa shape index (κ3) is 4.30. The van der Waals surface area contributed by atoms with Gasteiger partial charge in [0.1, 0.15) is 5.69 Å². The van der Waals surface area contributed by atoms with Gasteiger partial charge in [-0.1, -0.05) is 18.2 Å². The summed E-state index contributed by atoms with van der Waals surface area (Å²) in [5, 5.41) is 22.0. The zero-order valence-corrected chi connectivity index (χ0v) is 20.2. The average molecular weight is 473 g/mol. The Morgan fingerprint density at radius 2 is 2.06 bits per heavy atom. The number of aromatic nitrogens is 5. The van der Waals surface area contributed by atoms with Crippen LogP contribution in [0.15, 0.2) is 36.5 Å². The van der Waals surface area contributed by atoms with Crippen molar-refractivity contribution in [2.24, 2.45) is 5.92 Å². The molecule has 0 unspecified atom stereocenters. The number of pyridine rings is 1. The van der Waals surface area contributed by atoms with E-state index in [0.717, 1.165) is 79.2 Å². The largest absolute Gasteiger partial charge is 0.383 e. The highest BCUT2D eigenvalue weighted by molar-refractivity contribution is 5.91. The number of ether oxygens (including phenoxy) is 1. The monoisotopic (exact) mass is 472 g/mol. The van der Waals surface area contributed by atoms with Crippen LogP contribution in [-0.2, 0) is 11.2 Å². The number of fused-ring (bicyclic) bond motifs is 4. The summed E-state index contributed by atoms with van der Waals surface area (Å²) in [5.41, 5.74) is 5.96.